The van der Waals surface area contributed by atoms with Crippen LogP contribution in [0.4, 0.5) is 0 Å². The fraction of sp³-hybridized carbons (Fsp3) is 0.588. The van der Waals surface area contributed by atoms with Crippen LogP contribution >= 0.6 is 0 Å². The number of carbonyl (C=O) groups excluding carboxylic acids is 1. The van der Waals surface area contributed by atoms with Crippen LogP contribution in [0.5, 0.6) is 0 Å². The van der Waals surface area contributed by atoms with Crippen LogP contribution in [0, 0.1) is 6.92 Å². The smallest absolute Gasteiger partial charge is 0.221 e. The highest BCUT2D eigenvalue weighted by molar-refractivity contribution is 7.90. The molecular formula is C17H26N2O4S. The molecule has 6 nitrogen and oxygen atoms in total. The highest BCUT2D eigenvalue weighted by Gasteiger charge is 2.23. The van der Waals surface area contributed by atoms with E-state index in [1.165, 1.54) is 5.56 Å². The number of rotatable bonds is 7. The number of ether oxygens (including phenoxy) is 1. The van der Waals surface area contributed by atoms with Gasteiger partial charge in [0.15, 0.2) is 0 Å². The van der Waals surface area contributed by atoms with Gasteiger partial charge in [-0.3, -0.25) is 9.69 Å². The fourth-order valence-electron chi connectivity index (χ4n) is 2.80. The van der Waals surface area contributed by atoms with Crippen molar-refractivity contribution in [2.45, 2.75) is 19.4 Å². The molecule has 0 saturated carbocycles. The molecule has 0 bridgehead atoms. The summed E-state index contributed by atoms with van der Waals surface area (Å²) in [6.45, 7) is 5.51. The summed E-state index contributed by atoms with van der Waals surface area (Å²) in [5.74, 6) is -0.350. The van der Waals surface area contributed by atoms with Crippen LogP contribution in [-0.4, -0.2) is 64.1 Å². The molecule has 2 rings (SSSR count). The summed E-state index contributed by atoms with van der Waals surface area (Å²) in [6, 6.07) is 8.32. The third-order valence-corrected chi connectivity index (χ3v) is 5.05. The first kappa shape index (κ1) is 18.9. The Morgan fingerprint density at radius 2 is 2.04 bits per heavy atom. The van der Waals surface area contributed by atoms with Gasteiger partial charge >= 0.3 is 0 Å². The largest absolute Gasteiger partial charge is 0.379 e. The van der Waals surface area contributed by atoms with E-state index in [2.05, 4.69) is 22.3 Å². The van der Waals surface area contributed by atoms with Crippen LogP contribution in [0.2, 0.25) is 0 Å². The molecule has 1 unspecified atom stereocenters. The number of hydrogen-bond donors (Lipinski definition) is 1. The Morgan fingerprint density at radius 1 is 1.33 bits per heavy atom. The molecule has 1 heterocycles. The monoisotopic (exact) mass is 354 g/mol. The van der Waals surface area contributed by atoms with Crippen LogP contribution in [0.15, 0.2) is 24.3 Å². The third-order valence-electron chi connectivity index (χ3n) is 4.11. The number of aryl methyl sites for hydroxylation is 1. The van der Waals surface area contributed by atoms with Gasteiger partial charge in [0.05, 0.1) is 25.0 Å². The number of benzene rings is 1. The number of nitrogens with one attached hydrogen (secondary N) is 1. The van der Waals surface area contributed by atoms with E-state index in [4.69, 9.17) is 4.74 Å². The van der Waals surface area contributed by atoms with Gasteiger partial charge in [-0.25, -0.2) is 8.42 Å². The number of hydrogen-bond acceptors (Lipinski definition) is 5. The molecule has 1 aliphatic rings. The first-order chi connectivity index (χ1) is 11.3. The second-order valence-corrected chi connectivity index (χ2v) is 8.52. The normalized spacial score (nSPS) is 17.4. The molecule has 0 aliphatic carbocycles. The lowest BCUT2D eigenvalue weighted by Gasteiger charge is -2.35. The van der Waals surface area contributed by atoms with Crippen LogP contribution in [-0.2, 0) is 19.4 Å². The molecule has 1 saturated heterocycles. The molecule has 7 heteroatoms. The zero-order chi connectivity index (χ0) is 17.6. The van der Waals surface area contributed by atoms with E-state index in [-0.39, 0.29) is 24.1 Å². The second kappa shape index (κ2) is 8.60. The minimum atomic E-state index is -3.12. The second-order valence-electron chi connectivity index (χ2n) is 6.26. The summed E-state index contributed by atoms with van der Waals surface area (Å²) >= 11 is 0. The van der Waals surface area contributed by atoms with Crippen molar-refractivity contribution in [1.82, 2.24) is 10.2 Å². The summed E-state index contributed by atoms with van der Waals surface area (Å²) in [7, 11) is -3.12. The van der Waals surface area contributed by atoms with E-state index in [0.717, 1.165) is 24.9 Å². The maximum Gasteiger partial charge on any atom is 0.221 e. The Bertz CT molecular complexity index is 654. The van der Waals surface area contributed by atoms with E-state index in [0.29, 0.717) is 19.8 Å². The summed E-state index contributed by atoms with van der Waals surface area (Å²) in [6.07, 6.45) is 1.14. The standard InChI is InChI=1S/C17H26N2O4S/c1-14-4-3-5-15(12-14)16(19-7-9-23-10-8-19)13-18-17(20)6-11-24(2,21)22/h3-5,12,16H,6-11,13H2,1-2H3,(H,18,20). The van der Waals surface area contributed by atoms with Crippen LogP contribution in [0.25, 0.3) is 0 Å². The van der Waals surface area contributed by atoms with Crippen molar-refractivity contribution in [2.75, 3.05) is 44.9 Å². The zero-order valence-corrected chi connectivity index (χ0v) is 15.1. The van der Waals surface area contributed by atoms with Gasteiger partial charge in [-0.15, -0.1) is 0 Å². The molecule has 24 heavy (non-hydrogen) atoms. The van der Waals surface area contributed by atoms with Crippen molar-refractivity contribution >= 4 is 15.7 Å². The van der Waals surface area contributed by atoms with Crippen molar-refractivity contribution in [1.29, 1.82) is 0 Å². The van der Waals surface area contributed by atoms with E-state index in [9.17, 15) is 13.2 Å². The molecule has 1 aromatic rings. The van der Waals surface area contributed by atoms with Crippen molar-refractivity contribution < 1.29 is 17.9 Å². The maximum atomic E-state index is 12.0. The Morgan fingerprint density at radius 3 is 2.67 bits per heavy atom. The fourth-order valence-corrected chi connectivity index (χ4v) is 3.36. The Kier molecular flexibility index (Phi) is 6.77. The van der Waals surface area contributed by atoms with E-state index < -0.39 is 9.84 Å². The van der Waals surface area contributed by atoms with Gasteiger partial charge < -0.3 is 10.1 Å². The van der Waals surface area contributed by atoms with E-state index in [1.807, 2.05) is 19.1 Å². The van der Waals surface area contributed by atoms with Crippen molar-refractivity contribution in [3.63, 3.8) is 0 Å². The number of sulfone groups is 1. The number of morpholine rings is 1. The predicted octanol–water partition coefficient (Wildman–Crippen LogP) is 0.919. The minimum Gasteiger partial charge on any atom is -0.379 e. The molecule has 134 valence electrons. The lowest BCUT2D eigenvalue weighted by molar-refractivity contribution is -0.121. The van der Waals surface area contributed by atoms with Gasteiger partial charge in [-0.1, -0.05) is 29.8 Å². The van der Waals surface area contributed by atoms with Gasteiger partial charge in [0.2, 0.25) is 5.91 Å². The number of carbonyl (C=O) groups is 1. The molecule has 0 spiro atoms. The van der Waals surface area contributed by atoms with Crippen molar-refractivity contribution in [2.24, 2.45) is 0 Å². The molecule has 1 fully saturated rings. The summed E-state index contributed by atoms with van der Waals surface area (Å²) in [5.41, 5.74) is 2.33. The van der Waals surface area contributed by atoms with Gasteiger partial charge in [0.25, 0.3) is 0 Å². The zero-order valence-electron chi connectivity index (χ0n) is 14.3. The van der Waals surface area contributed by atoms with Gasteiger partial charge in [0.1, 0.15) is 9.84 Å². The van der Waals surface area contributed by atoms with Crippen LogP contribution < -0.4 is 5.32 Å². The first-order valence-electron chi connectivity index (χ1n) is 8.18. The highest BCUT2D eigenvalue weighted by atomic mass is 32.2. The summed E-state index contributed by atoms with van der Waals surface area (Å²) < 4.78 is 27.8. The predicted molar refractivity (Wildman–Crippen MR) is 93.6 cm³/mol. The summed E-state index contributed by atoms with van der Waals surface area (Å²) in [4.78, 5) is 14.3. The molecule has 1 aliphatic heterocycles. The van der Waals surface area contributed by atoms with Crippen LogP contribution in [0.3, 0.4) is 0 Å². The topological polar surface area (TPSA) is 75.7 Å². The SMILES string of the molecule is Cc1cccc(C(CNC(=O)CCS(C)(=O)=O)N2CCOCC2)c1. The molecule has 0 aromatic heterocycles. The molecule has 1 amide bonds. The number of amides is 1. The Labute approximate surface area is 144 Å². The molecular weight excluding hydrogens is 328 g/mol. The number of nitrogens with zero attached hydrogens (tertiary/aromatic N) is 1. The summed E-state index contributed by atoms with van der Waals surface area (Å²) in [5, 5.41) is 2.88. The van der Waals surface area contributed by atoms with Crippen molar-refractivity contribution in [3.05, 3.63) is 35.4 Å². The van der Waals surface area contributed by atoms with Gasteiger partial charge in [-0.2, -0.15) is 0 Å². The molecule has 1 atom stereocenters. The lowest BCUT2D eigenvalue weighted by Crippen LogP contribution is -2.44. The highest BCUT2D eigenvalue weighted by Crippen LogP contribution is 2.22. The Hall–Kier alpha value is -1.44. The van der Waals surface area contributed by atoms with Gasteiger partial charge in [0, 0.05) is 32.3 Å². The van der Waals surface area contributed by atoms with Crippen molar-refractivity contribution in [3.8, 4) is 0 Å². The molecule has 1 N–H and O–H groups in total. The quantitative estimate of drug-likeness (QED) is 0.788. The first-order valence-corrected chi connectivity index (χ1v) is 10.2. The lowest BCUT2D eigenvalue weighted by atomic mass is 10.0. The maximum absolute atomic E-state index is 12.0. The minimum absolute atomic E-state index is 0.00246. The average Bonchev–Trinajstić information content (AvgIpc) is 2.54. The third kappa shape index (κ3) is 6.22. The molecule has 0 radical (unpaired) electrons. The van der Waals surface area contributed by atoms with Gasteiger partial charge in [-0.05, 0) is 12.5 Å². The van der Waals surface area contributed by atoms with E-state index >= 15 is 0 Å². The molecule has 1 aromatic carbocycles. The van der Waals surface area contributed by atoms with E-state index in [1.54, 1.807) is 0 Å². The van der Waals surface area contributed by atoms with Crippen LogP contribution in [0.1, 0.15) is 23.6 Å². The Balaban J connectivity index is 2.02. The average molecular weight is 354 g/mol.